The molecular weight excluding hydrogens is 272 g/mol. The number of hydrogen-bond donors (Lipinski definition) is 3. The third kappa shape index (κ3) is 4.64. The second-order valence-corrected chi connectivity index (χ2v) is 4.40. The van der Waals surface area contributed by atoms with Gasteiger partial charge in [-0.15, -0.1) is 0 Å². The Morgan fingerprint density at radius 1 is 1.33 bits per heavy atom. The Morgan fingerprint density at radius 3 is 2.76 bits per heavy atom. The number of nitrogens with zero attached hydrogens (tertiary/aromatic N) is 1. The van der Waals surface area contributed by atoms with Crippen molar-refractivity contribution in [3.05, 3.63) is 48.3 Å². The zero-order valence-electron chi connectivity index (χ0n) is 11.5. The van der Waals surface area contributed by atoms with Gasteiger partial charge in [0.2, 0.25) is 5.91 Å². The van der Waals surface area contributed by atoms with E-state index in [-0.39, 0.29) is 12.5 Å². The fourth-order valence-corrected chi connectivity index (χ4v) is 1.58. The maximum atomic E-state index is 11.8. The molecule has 2 aromatic rings. The van der Waals surface area contributed by atoms with E-state index < -0.39 is 12.1 Å². The first-order chi connectivity index (χ1) is 10.1. The molecule has 2 amide bonds. The molecular formula is C14H16N4O3. The van der Waals surface area contributed by atoms with Gasteiger partial charge < -0.3 is 15.4 Å². The predicted octanol–water partition coefficient (Wildman–Crippen LogP) is 1.66. The van der Waals surface area contributed by atoms with Gasteiger partial charge in [0, 0.05) is 6.20 Å². The first-order valence-corrected chi connectivity index (χ1v) is 6.42. The van der Waals surface area contributed by atoms with E-state index in [1.165, 1.54) is 6.20 Å². The van der Waals surface area contributed by atoms with Crippen molar-refractivity contribution < 1.29 is 14.3 Å². The minimum atomic E-state index is -0.719. The topological polar surface area (TPSA) is 96.1 Å². The highest BCUT2D eigenvalue weighted by molar-refractivity contribution is 5.95. The number of carbonyl (C=O) groups is 2. The summed E-state index contributed by atoms with van der Waals surface area (Å²) in [5.74, 6) is -0.354. The molecule has 0 aliphatic carbocycles. The predicted molar refractivity (Wildman–Crippen MR) is 76.4 cm³/mol. The van der Waals surface area contributed by atoms with E-state index in [4.69, 9.17) is 4.74 Å². The molecule has 1 heterocycles. The number of benzene rings is 1. The molecule has 7 heteroatoms. The van der Waals surface area contributed by atoms with Crippen molar-refractivity contribution in [1.29, 1.82) is 0 Å². The van der Waals surface area contributed by atoms with Crippen molar-refractivity contribution >= 4 is 17.7 Å². The number of anilines is 1. The average Bonchev–Trinajstić information content (AvgIpc) is 2.99. The maximum Gasteiger partial charge on any atom is 0.408 e. The molecule has 0 unspecified atom stereocenters. The lowest BCUT2D eigenvalue weighted by atomic mass is 10.2. The van der Waals surface area contributed by atoms with Crippen LogP contribution in [0, 0.1) is 0 Å². The average molecular weight is 288 g/mol. The van der Waals surface area contributed by atoms with Gasteiger partial charge in [-0.1, -0.05) is 30.3 Å². The summed E-state index contributed by atoms with van der Waals surface area (Å²) in [6.07, 6.45) is 2.37. The van der Waals surface area contributed by atoms with Gasteiger partial charge in [-0.2, -0.15) is 5.10 Å². The molecule has 0 radical (unpaired) electrons. The van der Waals surface area contributed by atoms with E-state index in [1.807, 2.05) is 30.3 Å². The van der Waals surface area contributed by atoms with E-state index >= 15 is 0 Å². The van der Waals surface area contributed by atoms with Crippen LogP contribution in [-0.2, 0) is 16.1 Å². The fraction of sp³-hybridized carbons (Fsp3) is 0.214. The van der Waals surface area contributed by atoms with Gasteiger partial charge in [-0.3, -0.25) is 9.89 Å². The van der Waals surface area contributed by atoms with Gasteiger partial charge >= 0.3 is 6.09 Å². The summed E-state index contributed by atoms with van der Waals surface area (Å²) in [4.78, 5) is 23.4. The lowest BCUT2D eigenvalue weighted by molar-refractivity contribution is -0.117. The second-order valence-electron chi connectivity index (χ2n) is 4.40. The van der Waals surface area contributed by atoms with Crippen LogP contribution in [0.15, 0.2) is 42.7 Å². The molecule has 0 aliphatic rings. The number of hydrogen-bond acceptors (Lipinski definition) is 4. The zero-order chi connectivity index (χ0) is 15.1. The number of carbonyl (C=O) groups excluding carboxylic acids is 2. The number of nitrogens with one attached hydrogen (secondary N) is 3. The van der Waals surface area contributed by atoms with Gasteiger partial charge in [-0.05, 0) is 12.5 Å². The third-order valence-corrected chi connectivity index (χ3v) is 2.71. The zero-order valence-corrected chi connectivity index (χ0v) is 11.5. The Labute approximate surface area is 121 Å². The molecule has 3 N–H and O–H groups in total. The summed E-state index contributed by atoms with van der Waals surface area (Å²) in [5, 5.41) is 11.3. The van der Waals surface area contributed by atoms with E-state index in [2.05, 4.69) is 20.8 Å². The third-order valence-electron chi connectivity index (χ3n) is 2.71. The molecule has 1 atom stereocenters. The minimum absolute atomic E-state index is 0.155. The first kappa shape index (κ1) is 14.6. The van der Waals surface area contributed by atoms with Crippen LogP contribution < -0.4 is 10.6 Å². The fourth-order valence-electron chi connectivity index (χ4n) is 1.58. The number of H-pyrrole nitrogens is 1. The van der Waals surface area contributed by atoms with Gasteiger partial charge in [0.25, 0.3) is 0 Å². The van der Waals surface area contributed by atoms with Crippen LogP contribution in [0.3, 0.4) is 0 Å². The first-order valence-electron chi connectivity index (χ1n) is 6.42. The summed E-state index contributed by atoms with van der Waals surface area (Å²) in [6, 6.07) is 8.58. The van der Waals surface area contributed by atoms with Crippen LogP contribution in [0.2, 0.25) is 0 Å². The molecule has 0 saturated heterocycles. The molecule has 21 heavy (non-hydrogen) atoms. The van der Waals surface area contributed by atoms with Crippen LogP contribution in [0.25, 0.3) is 0 Å². The minimum Gasteiger partial charge on any atom is -0.445 e. The van der Waals surface area contributed by atoms with Crippen LogP contribution in [-0.4, -0.2) is 28.2 Å². The monoisotopic (exact) mass is 288 g/mol. The molecule has 0 aliphatic heterocycles. The van der Waals surface area contributed by atoms with E-state index in [0.29, 0.717) is 5.69 Å². The molecule has 0 bridgehead atoms. The molecule has 1 aromatic carbocycles. The normalized spacial score (nSPS) is 11.5. The van der Waals surface area contributed by atoms with Crippen molar-refractivity contribution in [2.45, 2.75) is 19.6 Å². The van der Waals surface area contributed by atoms with E-state index in [1.54, 1.807) is 13.1 Å². The maximum absolute atomic E-state index is 11.8. The Kier molecular flexibility index (Phi) is 4.92. The van der Waals surface area contributed by atoms with Crippen molar-refractivity contribution in [2.24, 2.45) is 0 Å². The number of aromatic nitrogens is 2. The van der Waals surface area contributed by atoms with E-state index in [0.717, 1.165) is 5.56 Å². The highest BCUT2D eigenvalue weighted by Gasteiger charge is 2.16. The standard InChI is InChI=1S/C14H16N4O3/c1-10(13(19)18-12-7-15-16-8-12)17-14(20)21-9-11-5-3-2-4-6-11/h2-8,10H,9H2,1H3,(H,15,16)(H,17,20)(H,18,19)/t10-/m1/s1. The number of ether oxygens (including phenoxy) is 1. The second kappa shape index (κ2) is 7.09. The lowest BCUT2D eigenvalue weighted by Crippen LogP contribution is -2.41. The summed E-state index contributed by atoms with van der Waals surface area (Å²) < 4.78 is 5.04. The van der Waals surface area contributed by atoms with Gasteiger partial charge in [-0.25, -0.2) is 4.79 Å². The Bertz CT molecular complexity index is 584. The summed E-state index contributed by atoms with van der Waals surface area (Å²) >= 11 is 0. The van der Waals surface area contributed by atoms with Crippen molar-refractivity contribution in [1.82, 2.24) is 15.5 Å². The van der Waals surface area contributed by atoms with Crippen LogP contribution in [0.1, 0.15) is 12.5 Å². The number of rotatable bonds is 5. The molecule has 0 fully saturated rings. The molecule has 0 spiro atoms. The van der Waals surface area contributed by atoms with Crippen molar-refractivity contribution in [3.63, 3.8) is 0 Å². The number of alkyl carbamates (subject to hydrolysis) is 1. The Hall–Kier alpha value is -2.83. The largest absolute Gasteiger partial charge is 0.445 e. The number of amides is 2. The van der Waals surface area contributed by atoms with Gasteiger partial charge in [0.05, 0.1) is 11.9 Å². The van der Waals surface area contributed by atoms with Crippen LogP contribution >= 0.6 is 0 Å². The highest BCUT2D eigenvalue weighted by atomic mass is 16.5. The SMILES string of the molecule is C[C@@H](NC(=O)OCc1ccccc1)C(=O)Nc1cn[nH]c1. The molecule has 2 rings (SSSR count). The molecule has 0 saturated carbocycles. The smallest absolute Gasteiger partial charge is 0.408 e. The van der Waals surface area contributed by atoms with Gasteiger partial charge in [0.15, 0.2) is 0 Å². The van der Waals surface area contributed by atoms with Crippen molar-refractivity contribution in [2.75, 3.05) is 5.32 Å². The summed E-state index contributed by atoms with van der Waals surface area (Å²) in [7, 11) is 0. The lowest BCUT2D eigenvalue weighted by Gasteiger charge is -2.13. The number of aromatic amines is 1. The highest BCUT2D eigenvalue weighted by Crippen LogP contribution is 2.03. The van der Waals surface area contributed by atoms with Crippen molar-refractivity contribution in [3.8, 4) is 0 Å². The van der Waals surface area contributed by atoms with Crippen LogP contribution in [0.5, 0.6) is 0 Å². The molecule has 110 valence electrons. The Morgan fingerprint density at radius 2 is 2.10 bits per heavy atom. The quantitative estimate of drug-likeness (QED) is 0.779. The van der Waals surface area contributed by atoms with Crippen LogP contribution in [0.4, 0.5) is 10.5 Å². The summed E-state index contributed by atoms with van der Waals surface area (Å²) in [6.45, 7) is 1.72. The summed E-state index contributed by atoms with van der Waals surface area (Å²) in [5.41, 5.74) is 1.41. The van der Waals surface area contributed by atoms with Gasteiger partial charge in [0.1, 0.15) is 12.6 Å². The molecule has 7 nitrogen and oxygen atoms in total. The molecule has 1 aromatic heterocycles. The Balaban J connectivity index is 1.75. The van der Waals surface area contributed by atoms with E-state index in [9.17, 15) is 9.59 Å².